The van der Waals surface area contributed by atoms with Crippen LogP contribution in [0.25, 0.3) is 0 Å². The van der Waals surface area contributed by atoms with Gasteiger partial charge in [0.1, 0.15) is 5.54 Å². The third kappa shape index (κ3) is 4.29. The summed E-state index contributed by atoms with van der Waals surface area (Å²) in [5.74, 6) is -0.999. The summed E-state index contributed by atoms with van der Waals surface area (Å²) in [7, 11) is 0. The lowest BCUT2D eigenvalue weighted by molar-refractivity contribution is -0.149. The second-order valence-electron chi connectivity index (χ2n) is 5.53. The van der Waals surface area contributed by atoms with E-state index in [9.17, 15) is 9.59 Å². The number of amides is 1. The van der Waals surface area contributed by atoms with Crippen LogP contribution >= 0.6 is 0 Å². The molecule has 0 radical (unpaired) electrons. The molecule has 1 amide bonds. The molecule has 2 rings (SSSR count). The van der Waals surface area contributed by atoms with Gasteiger partial charge in [-0.05, 0) is 37.7 Å². The fourth-order valence-corrected chi connectivity index (χ4v) is 2.47. The van der Waals surface area contributed by atoms with Crippen molar-refractivity contribution >= 4 is 11.9 Å². The Morgan fingerprint density at radius 1 is 1.19 bits per heavy atom. The van der Waals surface area contributed by atoms with Crippen molar-refractivity contribution in [3.8, 4) is 0 Å². The maximum absolute atomic E-state index is 11.7. The molecule has 1 fully saturated rings. The van der Waals surface area contributed by atoms with Crippen LogP contribution in [-0.4, -0.2) is 35.6 Å². The number of hydrogen-bond donors (Lipinski definition) is 3. The number of carboxylic acid groups (broad SMARTS) is 1. The molecular weight excluding hydrogens is 268 g/mol. The predicted molar refractivity (Wildman–Crippen MR) is 80.0 cm³/mol. The van der Waals surface area contributed by atoms with Gasteiger partial charge < -0.3 is 10.4 Å². The highest BCUT2D eigenvalue weighted by molar-refractivity contribution is 5.82. The molecule has 1 saturated carbocycles. The molecule has 5 heteroatoms. The van der Waals surface area contributed by atoms with Gasteiger partial charge in [-0.25, -0.2) is 0 Å². The average Bonchev–Trinajstić information content (AvgIpc) is 2.43. The van der Waals surface area contributed by atoms with E-state index in [0.29, 0.717) is 19.4 Å². The van der Waals surface area contributed by atoms with Crippen LogP contribution in [0.4, 0.5) is 0 Å². The van der Waals surface area contributed by atoms with Crippen molar-refractivity contribution < 1.29 is 14.7 Å². The first kappa shape index (κ1) is 15.5. The number of hydrogen-bond acceptors (Lipinski definition) is 3. The Bertz CT molecular complexity index is 484. The molecule has 21 heavy (non-hydrogen) atoms. The zero-order chi connectivity index (χ0) is 15.1. The highest BCUT2D eigenvalue weighted by atomic mass is 16.4. The summed E-state index contributed by atoms with van der Waals surface area (Å²) in [6.07, 6.45) is 3.90. The third-order valence-electron chi connectivity index (χ3n) is 4.01. The van der Waals surface area contributed by atoms with Gasteiger partial charge in [0.2, 0.25) is 5.91 Å². The molecule has 5 nitrogen and oxygen atoms in total. The monoisotopic (exact) mass is 290 g/mol. The van der Waals surface area contributed by atoms with Gasteiger partial charge in [-0.3, -0.25) is 14.9 Å². The quantitative estimate of drug-likeness (QED) is 0.631. The Balaban J connectivity index is 1.61. The Morgan fingerprint density at radius 2 is 1.90 bits per heavy atom. The minimum Gasteiger partial charge on any atom is -0.480 e. The second kappa shape index (κ2) is 7.22. The normalized spacial score (nSPS) is 16.0. The molecule has 0 atom stereocenters. The van der Waals surface area contributed by atoms with Crippen LogP contribution in [0.3, 0.4) is 0 Å². The number of nitrogens with one attached hydrogen (secondary N) is 2. The molecular formula is C16H22N2O3. The highest BCUT2D eigenvalue weighted by Crippen LogP contribution is 2.31. The lowest BCUT2D eigenvalue weighted by Gasteiger charge is -2.38. The maximum atomic E-state index is 11.7. The Kier molecular flexibility index (Phi) is 5.33. The Labute approximate surface area is 124 Å². The molecule has 0 spiro atoms. The lowest BCUT2D eigenvalue weighted by Crippen LogP contribution is -2.59. The summed E-state index contributed by atoms with van der Waals surface area (Å²) in [5, 5.41) is 14.8. The number of benzene rings is 1. The van der Waals surface area contributed by atoms with E-state index in [-0.39, 0.29) is 12.5 Å². The van der Waals surface area contributed by atoms with Crippen LogP contribution in [0.5, 0.6) is 0 Å². The zero-order valence-electron chi connectivity index (χ0n) is 12.1. The minimum absolute atomic E-state index is 0.0671. The Hall–Kier alpha value is -1.88. The van der Waals surface area contributed by atoms with Crippen LogP contribution in [0.1, 0.15) is 31.2 Å². The molecule has 1 aromatic rings. The van der Waals surface area contributed by atoms with Crippen LogP contribution in [0.15, 0.2) is 30.3 Å². The van der Waals surface area contributed by atoms with Crippen LogP contribution in [0.2, 0.25) is 0 Å². The standard InChI is InChI=1S/C16H22N2O3/c19-14(12-18-16(15(20)21)9-5-10-16)17-11-4-8-13-6-2-1-3-7-13/h1-3,6-7,18H,4-5,8-12H2,(H,17,19)(H,20,21). The molecule has 0 saturated heterocycles. The summed E-state index contributed by atoms with van der Waals surface area (Å²) in [4.78, 5) is 22.8. The summed E-state index contributed by atoms with van der Waals surface area (Å²) >= 11 is 0. The van der Waals surface area contributed by atoms with Gasteiger partial charge in [0.15, 0.2) is 0 Å². The van der Waals surface area contributed by atoms with Crippen molar-refractivity contribution in [3.63, 3.8) is 0 Å². The van der Waals surface area contributed by atoms with Crippen LogP contribution in [-0.2, 0) is 16.0 Å². The van der Waals surface area contributed by atoms with E-state index >= 15 is 0 Å². The molecule has 0 aromatic heterocycles. The molecule has 1 aliphatic rings. The SMILES string of the molecule is O=C(CNC1(C(=O)O)CCC1)NCCCc1ccccc1. The number of aryl methyl sites for hydroxylation is 1. The number of carbonyl (C=O) groups excluding carboxylic acids is 1. The van der Waals surface area contributed by atoms with Gasteiger partial charge >= 0.3 is 5.97 Å². The van der Waals surface area contributed by atoms with Crippen LogP contribution in [0, 0.1) is 0 Å². The summed E-state index contributed by atoms with van der Waals surface area (Å²) in [6, 6.07) is 10.1. The fraction of sp³-hybridized carbons (Fsp3) is 0.500. The second-order valence-corrected chi connectivity index (χ2v) is 5.53. The van der Waals surface area contributed by atoms with Crippen LogP contribution < -0.4 is 10.6 Å². The third-order valence-corrected chi connectivity index (χ3v) is 4.01. The van der Waals surface area contributed by atoms with E-state index in [1.807, 2.05) is 18.2 Å². The molecule has 0 bridgehead atoms. The average molecular weight is 290 g/mol. The van der Waals surface area contributed by atoms with Gasteiger partial charge in [-0.1, -0.05) is 30.3 Å². The van der Waals surface area contributed by atoms with Gasteiger partial charge in [-0.15, -0.1) is 0 Å². The minimum atomic E-state index is -0.874. The largest absolute Gasteiger partial charge is 0.480 e. The predicted octanol–water partition coefficient (Wildman–Crippen LogP) is 1.33. The van der Waals surface area contributed by atoms with Crippen molar-refractivity contribution in [1.82, 2.24) is 10.6 Å². The van der Waals surface area contributed by atoms with Gasteiger partial charge in [0.25, 0.3) is 0 Å². The number of carboxylic acids is 1. The van der Waals surface area contributed by atoms with Crippen molar-refractivity contribution in [2.75, 3.05) is 13.1 Å². The van der Waals surface area contributed by atoms with Crippen molar-refractivity contribution in [1.29, 1.82) is 0 Å². The van der Waals surface area contributed by atoms with E-state index in [2.05, 4.69) is 22.8 Å². The number of carbonyl (C=O) groups is 2. The topological polar surface area (TPSA) is 78.4 Å². The molecule has 1 aliphatic carbocycles. The maximum Gasteiger partial charge on any atom is 0.323 e. The Morgan fingerprint density at radius 3 is 2.48 bits per heavy atom. The van der Waals surface area contributed by atoms with E-state index in [1.54, 1.807) is 0 Å². The summed E-state index contributed by atoms with van der Waals surface area (Å²) in [6.45, 7) is 0.674. The van der Waals surface area contributed by atoms with Gasteiger partial charge in [-0.2, -0.15) is 0 Å². The molecule has 3 N–H and O–H groups in total. The van der Waals surface area contributed by atoms with Gasteiger partial charge in [0, 0.05) is 6.54 Å². The number of aliphatic carboxylic acids is 1. The first-order chi connectivity index (χ1) is 10.1. The fourth-order valence-electron chi connectivity index (χ4n) is 2.47. The van der Waals surface area contributed by atoms with Crippen molar-refractivity contribution in [3.05, 3.63) is 35.9 Å². The molecule has 1 aromatic carbocycles. The molecule has 0 aliphatic heterocycles. The molecule has 0 heterocycles. The first-order valence-electron chi connectivity index (χ1n) is 7.41. The van der Waals surface area contributed by atoms with Crippen molar-refractivity contribution in [2.45, 2.75) is 37.6 Å². The summed E-state index contributed by atoms with van der Waals surface area (Å²) in [5.41, 5.74) is 0.380. The highest BCUT2D eigenvalue weighted by Gasteiger charge is 2.44. The van der Waals surface area contributed by atoms with Crippen molar-refractivity contribution in [2.24, 2.45) is 0 Å². The first-order valence-corrected chi connectivity index (χ1v) is 7.41. The molecule has 114 valence electrons. The zero-order valence-corrected chi connectivity index (χ0v) is 12.1. The van der Waals surface area contributed by atoms with Gasteiger partial charge in [0.05, 0.1) is 6.54 Å². The van der Waals surface area contributed by atoms with E-state index < -0.39 is 11.5 Å². The smallest absolute Gasteiger partial charge is 0.323 e. The van der Waals surface area contributed by atoms with E-state index in [1.165, 1.54) is 5.56 Å². The van der Waals surface area contributed by atoms with E-state index in [4.69, 9.17) is 5.11 Å². The van der Waals surface area contributed by atoms with E-state index in [0.717, 1.165) is 19.3 Å². The molecule has 0 unspecified atom stereocenters. The number of rotatable bonds is 8. The summed E-state index contributed by atoms with van der Waals surface area (Å²) < 4.78 is 0. The lowest BCUT2D eigenvalue weighted by atomic mass is 9.77.